The molecule has 1 aromatic rings. The van der Waals surface area contributed by atoms with Gasteiger partial charge in [-0.1, -0.05) is 0 Å². The first-order chi connectivity index (χ1) is 8.41. The lowest BCUT2D eigenvalue weighted by Crippen LogP contribution is -2.32. The molecule has 1 fully saturated rings. The molecular weight excluding hydrogens is 255 g/mol. The Hall–Kier alpha value is -1.61. The Morgan fingerprint density at radius 1 is 1.44 bits per heavy atom. The second-order valence-electron chi connectivity index (χ2n) is 4.48. The second-order valence-corrected chi connectivity index (χ2v) is 6.71. The summed E-state index contributed by atoms with van der Waals surface area (Å²) in [6.45, 7) is 0. The number of hydrogen-bond donors (Lipinski definition) is 0. The fourth-order valence-electron chi connectivity index (χ4n) is 2.13. The molecule has 1 atom stereocenters. The summed E-state index contributed by atoms with van der Waals surface area (Å²) in [5.74, 6) is -0.235. The van der Waals surface area contributed by atoms with Crippen LogP contribution in [0.15, 0.2) is 18.2 Å². The Morgan fingerprint density at radius 2 is 2.17 bits per heavy atom. The van der Waals surface area contributed by atoms with Gasteiger partial charge in [0.1, 0.15) is 5.82 Å². The van der Waals surface area contributed by atoms with Gasteiger partial charge in [0.05, 0.1) is 23.1 Å². The molecule has 1 saturated heterocycles. The van der Waals surface area contributed by atoms with Crippen LogP contribution >= 0.6 is 0 Å². The molecule has 96 valence electrons. The van der Waals surface area contributed by atoms with Crippen molar-refractivity contribution in [2.45, 2.75) is 12.5 Å². The first kappa shape index (κ1) is 12.8. The van der Waals surface area contributed by atoms with Crippen LogP contribution in [0.3, 0.4) is 0 Å². The van der Waals surface area contributed by atoms with Gasteiger partial charge in [0.15, 0.2) is 9.84 Å². The van der Waals surface area contributed by atoms with Crippen LogP contribution in [0.5, 0.6) is 0 Å². The van der Waals surface area contributed by atoms with Gasteiger partial charge in [-0.15, -0.1) is 0 Å². The van der Waals surface area contributed by atoms with E-state index in [4.69, 9.17) is 5.26 Å². The predicted octanol–water partition coefficient (Wildman–Crippen LogP) is 1.32. The van der Waals surface area contributed by atoms with Gasteiger partial charge < -0.3 is 4.90 Å². The Labute approximate surface area is 106 Å². The third-order valence-electron chi connectivity index (χ3n) is 3.18. The van der Waals surface area contributed by atoms with Crippen LogP contribution in [-0.2, 0) is 9.84 Å². The Morgan fingerprint density at radius 3 is 2.72 bits per heavy atom. The molecular formula is C12H13FN2O2S. The molecule has 18 heavy (non-hydrogen) atoms. The van der Waals surface area contributed by atoms with Crippen LogP contribution in [0.2, 0.25) is 0 Å². The van der Waals surface area contributed by atoms with Crippen LogP contribution in [0, 0.1) is 17.1 Å². The summed E-state index contributed by atoms with van der Waals surface area (Å²) in [6, 6.07) is 5.77. The van der Waals surface area contributed by atoms with Crippen molar-refractivity contribution in [3.05, 3.63) is 29.6 Å². The van der Waals surface area contributed by atoms with Crippen molar-refractivity contribution >= 4 is 15.5 Å². The van der Waals surface area contributed by atoms with E-state index in [0.29, 0.717) is 12.1 Å². The van der Waals surface area contributed by atoms with Crippen LogP contribution in [0.1, 0.15) is 12.0 Å². The molecule has 0 radical (unpaired) electrons. The maximum absolute atomic E-state index is 13.3. The van der Waals surface area contributed by atoms with Crippen molar-refractivity contribution in [1.82, 2.24) is 0 Å². The molecule has 4 nitrogen and oxygen atoms in total. The predicted molar refractivity (Wildman–Crippen MR) is 66.6 cm³/mol. The van der Waals surface area contributed by atoms with Crippen LogP contribution in [0.4, 0.5) is 10.1 Å². The number of benzene rings is 1. The third-order valence-corrected chi connectivity index (χ3v) is 4.93. The quantitative estimate of drug-likeness (QED) is 0.811. The highest BCUT2D eigenvalue weighted by Crippen LogP contribution is 2.24. The van der Waals surface area contributed by atoms with Gasteiger partial charge in [-0.25, -0.2) is 12.8 Å². The van der Waals surface area contributed by atoms with E-state index in [1.807, 2.05) is 6.07 Å². The average molecular weight is 268 g/mol. The van der Waals surface area contributed by atoms with Crippen LogP contribution < -0.4 is 4.90 Å². The first-order valence-electron chi connectivity index (χ1n) is 5.55. The molecule has 6 heteroatoms. The topological polar surface area (TPSA) is 61.2 Å². The van der Waals surface area contributed by atoms with Crippen molar-refractivity contribution in [2.75, 3.05) is 23.5 Å². The maximum Gasteiger partial charge on any atom is 0.152 e. The van der Waals surface area contributed by atoms with E-state index >= 15 is 0 Å². The molecule has 1 aliphatic rings. The van der Waals surface area contributed by atoms with E-state index in [1.165, 1.54) is 6.07 Å². The van der Waals surface area contributed by atoms with Crippen molar-refractivity contribution in [2.24, 2.45) is 0 Å². The number of anilines is 1. The summed E-state index contributed by atoms with van der Waals surface area (Å²) < 4.78 is 36.1. The summed E-state index contributed by atoms with van der Waals surface area (Å²) in [7, 11) is -1.25. The molecule has 1 heterocycles. The number of hydrogen-bond acceptors (Lipinski definition) is 4. The van der Waals surface area contributed by atoms with Gasteiger partial charge >= 0.3 is 0 Å². The number of nitrogens with zero attached hydrogens (tertiary/aromatic N) is 2. The fourth-order valence-corrected chi connectivity index (χ4v) is 3.91. The largest absolute Gasteiger partial charge is 0.370 e. The van der Waals surface area contributed by atoms with Crippen LogP contribution in [-0.4, -0.2) is 33.0 Å². The summed E-state index contributed by atoms with van der Waals surface area (Å²) >= 11 is 0. The summed E-state index contributed by atoms with van der Waals surface area (Å²) in [5, 5.41) is 8.79. The monoisotopic (exact) mass is 268 g/mol. The lowest BCUT2D eigenvalue weighted by atomic mass is 10.1. The minimum Gasteiger partial charge on any atom is -0.370 e. The molecule has 2 rings (SSSR count). The van der Waals surface area contributed by atoms with Crippen molar-refractivity contribution in [1.29, 1.82) is 5.26 Å². The Bertz CT molecular complexity index is 607. The SMILES string of the molecule is CN(c1cc(F)cc(C#N)c1)C1CCS(=O)(=O)C1. The van der Waals surface area contributed by atoms with Gasteiger partial charge in [-0.3, -0.25) is 0 Å². The average Bonchev–Trinajstić information content (AvgIpc) is 2.67. The summed E-state index contributed by atoms with van der Waals surface area (Å²) in [5.41, 5.74) is 0.770. The zero-order chi connectivity index (χ0) is 13.3. The highest BCUT2D eigenvalue weighted by Gasteiger charge is 2.31. The van der Waals surface area contributed by atoms with E-state index in [1.54, 1.807) is 18.0 Å². The second kappa shape index (κ2) is 4.58. The molecule has 0 aromatic heterocycles. The Kier molecular flexibility index (Phi) is 3.26. The van der Waals surface area contributed by atoms with Gasteiger partial charge in [-0.05, 0) is 24.6 Å². The van der Waals surface area contributed by atoms with Gasteiger partial charge in [0.25, 0.3) is 0 Å². The van der Waals surface area contributed by atoms with Crippen LogP contribution in [0.25, 0.3) is 0 Å². The minimum atomic E-state index is -2.97. The summed E-state index contributed by atoms with van der Waals surface area (Å²) in [4.78, 5) is 1.73. The van der Waals surface area contributed by atoms with E-state index < -0.39 is 15.7 Å². The Balaban J connectivity index is 2.27. The minimum absolute atomic E-state index is 0.0852. The molecule has 0 amide bonds. The van der Waals surface area contributed by atoms with E-state index in [0.717, 1.165) is 6.07 Å². The number of nitriles is 1. The molecule has 0 aliphatic carbocycles. The van der Waals surface area contributed by atoms with E-state index in [9.17, 15) is 12.8 Å². The fraction of sp³-hybridized carbons (Fsp3) is 0.417. The molecule has 0 spiro atoms. The number of sulfone groups is 1. The highest BCUT2D eigenvalue weighted by atomic mass is 32.2. The molecule has 1 aromatic carbocycles. The lowest BCUT2D eigenvalue weighted by Gasteiger charge is -2.25. The lowest BCUT2D eigenvalue weighted by molar-refractivity contribution is 0.600. The number of rotatable bonds is 2. The molecule has 1 aliphatic heterocycles. The zero-order valence-corrected chi connectivity index (χ0v) is 10.7. The summed E-state index contributed by atoms with van der Waals surface area (Å²) in [6.07, 6.45) is 0.539. The van der Waals surface area contributed by atoms with Gasteiger partial charge in [0.2, 0.25) is 0 Å². The maximum atomic E-state index is 13.3. The highest BCUT2D eigenvalue weighted by molar-refractivity contribution is 7.91. The molecule has 0 bridgehead atoms. The smallest absolute Gasteiger partial charge is 0.152 e. The normalized spacial score (nSPS) is 21.5. The standard InChI is InChI=1S/C12H13FN2O2S/c1-15(11-2-3-18(16,17)8-11)12-5-9(7-14)4-10(13)6-12/h4-6,11H,2-3,8H2,1H3. The van der Waals surface area contributed by atoms with Gasteiger partial charge in [0, 0.05) is 18.8 Å². The molecule has 0 saturated carbocycles. The first-order valence-corrected chi connectivity index (χ1v) is 7.37. The van der Waals surface area contributed by atoms with Crippen molar-refractivity contribution in [3.63, 3.8) is 0 Å². The van der Waals surface area contributed by atoms with Gasteiger partial charge in [-0.2, -0.15) is 5.26 Å². The molecule has 1 unspecified atom stereocenters. The molecule has 0 N–H and O–H groups in total. The van der Waals surface area contributed by atoms with E-state index in [-0.39, 0.29) is 23.1 Å². The van der Waals surface area contributed by atoms with E-state index in [2.05, 4.69) is 0 Å². The van der Waals surface area contributed by atoms with Crippen molar-refractivity contribution in [3.8, 4) is 6.07 Å². The third kappa shape index (κ3) is 2.62. The zero-order valence-electron chi connectivity index (χ0n) is 9.93. The van der Waals surface area contributed by atoms with Crippen molar-refractivity contribution < 1.29 is 12.8 Å². The number of halogens is 1.